The van der Waals surface area contributed by atoms with Gasteiger partial charge >= 0.3 is 6.03 Å². The van der Waals surface area contributed by atoms with Crippen molar-refractivity contribution < 1.29 is 9.59 Å². The van der Waals surface area contributed by atoms with Crippen LogP contribution in [0, 0.1) is 13.8 Å². The third-order valence-electron chi connectivity index (χ3n) is 4.17. The molecule has 2 aromatic rings. The first-order chi connectivity index (χ1) is 11.0. The van der Waals surface area contributed by atoms with Gasteiger partial charge in [0.15, 0.2) is 0 Å². The first-order valence-electron chi connectivity index (χ1n) is 7.57. The molecule has 2 heterocycles. The van der Waals surface area contributed by atoms with Crippen molar-refractivity contribution in [2.45, 2.75) is 32.7 Å². The fourth-order valence-electron chi connectivity index (χ4n) is 2.81. The zero-order valence-electron chi connectivity index (χ0n) is 13.2. The zero-order valence-corrected chi connectivity index (χ0v) is 13.2. The Labute approximate surface area is 133 Å². The number of aromatic nitrogens is 2. The molecule has 1 aromatic heterocycles. The van der Waals surface area contributed by atoms with Crippen LogP contribution in [0.2, 0.25) is 0 Å². The highest BCUT2D eigenvalue weighted by Gasteiger charge is 2.32. The van der Waals surface area contributed by atoms with E-state index >= 15 is 0 Å². The molecule has 1 atom stereocenters. The van der Waals surface area contributed by atoms with Gasteiger partial charge in [0.2, 0.25) is 5.91 Å². The van der Waals surface area contributed by atoms with Gasteiger partial charge in [-0.2, -0.15) is 0 Å². The number of nitrogens with zero attached hydrogens (tertiary/aromatic N) is 3. The highest BCUT2D eigenvalue weighted by atomic mass is 16.2. The molecule has 3 amide bonds. The maximum Gasteiger partial charge on any atom is 0.322 e. The molecule has 0 radical (unpaired) electrons. The van der Waals surface area contributed by atoms with E-state index in [9.17, 15) is 9.59 Å². The van der Waals surface area contributed by atoms with E-state index < -0.39 is 11.9 Å². The summed E-state index contributed by atoms with van der Waals surface area (Å²) in [6, 6.07) is 4.53. The van der Waals surface area contributed by atoms with E-state index in [0.29, 0.717) is 18.7 Å². The quantitative estimate of drug-likeness (QED) is 0.881. The van der Waals surface area contributed by atoms with Gasteiger partial charge < -0.3 is 16.0 Å². The van der Waals surface area contributed by atoms with Gasteiger partial charge in [-0.15, -0.1) is 0 Å². The third-order valence-corrected chi connectivity index (χ3v) is 4.17. The number of carbonyl (C=O) groups excluding carboxylic acids is 2. The number of benzene rings is 1. The SMILES string of the molecule is Cc1nc2ccc(NC(=O)N3CCC[C@@H]3C(N)=O)cc2nc1C. The summed E-state index contributed by atoms with van der Waals surface area (Å²) in [7, 11) is 0. The van der Waals surface area contributed by atoms with Gasteiger partial charge in [0.05, 0.1) is 22.4 Å². The van der Waals surface area contributed by atoms with Crippen LogP contribution in [0.5, 0.6) is 0 Å². The van der Waals surface area contributed by atoms with Crippen LogP contribution in [0.15, 0.2) is 18.2 Å². The lowest BCUT2D eigenvalue weighted by Gasteiger charge is -2.22. The molecular formula is C16H19N5O2. The van der Waals surface area contributed by atoms with Crippen LogP contribution in [0.1, 0.15) is 24.2 Å². The number of primary amides is 1. The highest BCUT2D eigenvalue weighted by Crippen LogP contribution is 2.21. The fraction of sp³-hybridized carbons (Fsp3) is 0.375. The molecule has 0 aliphatic carbocycles. The smallest absolute Gasteiger partial charge is 0.322 e. The molecule has 0 saturated carbocycles. The van der Waals surface area contributed by atoms with E-state index in [4.69, 9.17) is 5.73 Å². The number of aryl methyl sites for hydroxylation is 2. The zero-order chi connectivity index (χ0) is 16.6. The minimum absolute atomic E-state index is 0.317. The van der Waals surface area contributed by atoms with Crippen molar-refractivity contribution in [3.8, 4) is 0 Å². The summed E-state index contributed by atoms with van der Waals surface area (Å²) in [5.74, 6) is -0.465. The molecule has 0 unspecified atom stereocenters. The summed E-state index contributed by atoms with van der Waals surface area (Å²) in [5.41, 5.74) is 9.21. The van der Waals surface area contributed by atoms with E-state index in [-0.39, 0.29) is 6.03 Å². The lowest BCUT2D eigenvalue weighted by Crippen LogP contribution is -2.45. The van der Waals surface area contributed by atoms with Gasteiger partial charge in [0, 0.05) is 12.2 Å². The van der Waals surface area contributed by atoms with Gasteiger partial charge in [0.25, 0.3) is 0 Å². The summed E-state index contributed by atoms with van der Waals surface area (Å²) >= 11 is 0. The van der Waals surface area contributed by atoms with Crippen molar-refractivity contribution in [3.63, 3.8) is 0 Å². The molecule has 7 heteroatoms. The Balaban J connectivity index is 1.82. The molecule has 7 nitrogen and oxygen atoms in total. The lowest BCUT2D eigenvalue weighted by molar-refractivity contribution is -0.121. The molecule has 3 N–H and O–H groups in total. The van der Waals surface area contributed by atoms with Gasteiger partial charge in [-0.1, -0.05) is 0 Å². The predicted molar refractivity (Wildman–Crippen MR) is 87.0 cm³/mol. The average molecular weight is 313 g/mol. The van der Waals surface area contributed by atoms with Crippen molar-refractivity contribution in [1.82, 2.24) is 14.9 Å². The molecule has 1 aliphatic rings. The number of amides is 3. The lowest BCUT2D eigenvalue weighted by atomic mass is 10.2. The van der Waals surface area contributed by atoms with Crippen molar-refractivity contribution in [2.24, 2.45) is 5.73 Å². The van der Waals surface area contributed by atoms with E-state index in [2.05, 4.69) is 15.3 Å². The van der Waals surface area contributed by atoms with Gasteiger partial charge in [-0.3, -0.25) is 4.79 Å². The number of nitrogens with one attached hydrogen (secondary N) is 1. The van der Waals surface area contributed by atoms with E-state index in [0.717, 1.165) is 28.8 Å². The number of rotatable bonds is 2. The Morgan fingerprint density at radius 3 is 2.61 bits per heavy atom. The first-order valence-corrected chi connectivity index (χ1v) is 7.57. The minimum Gasteiger partial charge on any atom is -0.368 e. The van der Waals surface area contributed by atoms with E-state index in [1.807, 2.05) is 19.9 Å². The van der Waals surface area contributed by atoms with Crippen LogP contribution < -0.4 is 11.1 Å². The summed E-state index contributed by atoms with van der Waals surface area (Å²) in [6.45, 7) is 4.34. The maximum atomic E-state index is 12.4. The summed E-state index contributed by atoms with van der Waals surface area (Å²) in [4.78, 5) is 34.2. The minimum atomic E-state index is -0.528. The summed E-state index contributed by atoms with van der Waals surface area (Å²) < 4.78 is 0. The van der Waals surface area contributed by atoms with Crippen LogP contribution in [-0.4, -0.2) is 39.4 Å². The number of likely N-dealkylation sites (tertiary alicyclic amines) is 1. The van der Waals surface area contributed by atoms with Crippen LogP contribution in [0.3, 0.4) is 0 Å². The molecule has 1 saturated heterocycles. The Kier molecular flexibility index (Phi) is 3.85. The van der Waals surface area contributed by atoms with Crippen molar-refractivity contribution in [1.29, 1.82) is 0 Å². The molecule has 1 fully saturated rings. The highest BCUT2D eigenvalue weighted by molar-refractivity contribution is 5.95. The number of hydrogen-bond acceptors (Lipinski definition) is 4. The molecule has 1 aliphatic heterocycles. The van der Waals surface area contributed by atoms with Gasteiger partial charge in [-0.05, 0) is 44.9 Å². The molecule has 120 valence electrons. The average Bonchev–Trinajstić information content (AvgIpc) is 2.98. The second-order valence-corrected chi connectivity index (χ2v) is 5.78. The van der Waals surface area contributed by atoms with Gasteiger partial charge in [-0.25, -0.2) is 14.8 Å². The van der Waals surface area contributed by atoms with Crippen molar-refractivity contribution in [2.75, 3.05) is 11.9 Å². The van der Waals surface area contributed by atoms with Gasteiger partial charge in [0.1, 0.15) is 6.04 Å². The van der Waals surface area contributed by atoms with Crippen LogP contribution in [0.25, 0.3) is 11.0 Å². The fourth-order valence-corrected chi connectivity index (χ4v) is 2.81. The Bertz CT molecular complexity index is 789. The molecule has 0 spiro atoms. The largest absolute Gasteiger partial charge is 0.368 e. The Hall–Kier alpha value is -2.70. The normalized spacial score (nSPS) is 17.5. The second kappa shape index (κ2) is 5.83. The standard InChI is InChI=1S/C16H19N5O2/c1-9-10(2)19-13-8-11(5-6-12(13)18-9)20-16(23)21-7-3-4-14(21)15(17)22/h5-6,8,14H,3-4,7H2,1-2H3,(H2,17,22)(H,20,23)/t14-/m1/s1. The number of fused-ring (bicyclic) bond motifs is 1. The number of urea groups is 1. The number of hydrogen-bond donors (Lipinski definition) is 2. The monoisotopic (exact) mass is 313 g/mol. The van der Waals surface area contributed by atoms with Crippen molar-refractivity contribution in [3.05, 3.63) is 29.6 Å². The number of carbonyl (C=O) groups is 2. The maximum absolute atomic E-state index is 12.4. The van der Waals surface area contributed by atoms with E-state index in [1.54, 1.807) is 12.1 Å². The molecular weight excluding hydrogens is 294 g/mol. The molecule has 0 bridgehead atoms. The molecule has 3 rings (SSSR count). The van der Waals surface area contributed by atoms with Crippen LogP contribution >= 0.6 is 0 Å². The molecule has 23 heavy (non-hydrogen) atoms. The Morgan fingerprint density at radius 1 is 1.22 bits per heavy atom. The van der Waals surface area contributed by atoms with Crippen LogP contribution in [-0.2, 0) is 4.79 Å². The second-order valence-electron chi connectivity index (χ2n) is 5.78. The molecule has 1 aromatic carbocycles. The topological polar surface area (TPSA) is 101 Å². The van der Waals surface area contributed by atoms with E-state index in [1.165, 1.54) is 4.90 Å². The summed E-state index contributed by atoms with van der Waals surface area (Å²) in [5, 5.41) is 2.81. The first kappa shape index (κ1) is 15.2. The predicted octanol–water partition coefficient (Wildman–Crippen LogP) is 1.73. The number of nitrogens with two attached hydrogens (primary N) is 1. The Morgan fingerprint density at radius 2 is 1.91 bits per heavy atom. The van der Waals surface area contributed by atoms with Crippen LogP contribution in [0.4, 0.5) is 10.5 Å². The number of anilines is 1. The van der Waals surface area contributed by atoms with Crippen molar-refractivity contribution >= 4 is 28.7 Å². The third kappa shape index (κ3) is 2.94. The summed E-state index contributed by atoms with van der Waals surface area (Å²) in [6.07, 6.45) is 1.40.